The molecule has 0 spiro atoms. The third-order valence-electron chi connectivity index (χ3n) is 3.84. The van der Waals surface area contributed by atoms with Gasteiger partial charge in [-0.2, -0.15) is 0 Å². The first-order valence-corrected chi connectivity index (χ1v) is 6.72. The van der Waals surface area contributed by atoms with Gasteiger partial charge in [-0.3, -0.25) is 9.59 Å². The van der Waals surface area contributed by atoms with Crippen LogP contribution in [0.5, 0.6) is 5.75 Å². The molecule has 1 aliphatic carbocycles. The van der Waals surface area contributed by atoms with Crippen molar-refractivity contribution < 1.29 is 29.3 Å². The summed E-state index contributed by atoms with van der Waals surface area (Å²) in [5, 5.41) is 20.3. The molecule has 3 N–H and O–H groups in total. The van der Waals surface area contributed by atoms with Gasteiger partial charge in [0, 0.05) is 11.8 Å². The van der Waals surface area contributed by atoms with Gasteiger partial charge in [0.1, 0.15) is 5.75 Å². The van der Waals surface area contributed by atoms with Gasteiger partial charge in [-0.15, -0.1) is 0 Å². The highest BCUT2D eigenvalue weighted by molar-refractivity contribution is 5.99. The molecule has 2 atom stereocenters. The largest absolute Gasteiger partial charge is 0.482 e. The molecule has 118 valence electrons. The van der Waals surface area contributed by atoms with Gasteiger partial charge in [-0.25, -0.2) is 4.79 Å². The number of hydrogen-bond donors (Lipinski definition) is 3. The molecule has 0 heterocycles. The van der Waals surface area contributed by atoms with Gasteiger partial charge in [-0.05, 0) is 17.5 Å². The summed E-state index contributed by atoms with van der Waals surface area (Å²) >= 11 is 0. The van der Waals surface area contributed by atoms with Crippen molar-refractivity contribution in [1.82, 2.24) is 0 Å². The van der Waals surface area contributed by atoms with Crippen molar-refractivity contribution in [3.05, 3.63) is 24.3 Å². The second kappa shape index (κ2) is 5.67. The van der Waals surface area contributed by atoms with E-state index in [0.717, 1.165) is 0 Å². The number of nitrogens with one attached hydrogen (secondary N) is 1. The van der Waals surface area contributed by atoms with Gasteiger partial charge in [-0.1, -0.05) is 19.9 Å². The molecule has 1 aliphatic rings. The van der Waals surface area contributed by atoms with Crippen LogP contribution in [0.3, 0.4) is 0 Å². The summed E-state index contributed by atoms with van der Waals surface area (Å²) in [7, 11) is 0. The number of ether oxygens (including phenoxy) is 1. The molecular weight excluding hydrogens is 290 g/mol. The zero-order valence-electron chi connectivity index (χ0n) is 12.2. The van der Waals surface area contributed by atoms with Crippen molar-refractivity contribution in [1.29, 1.82) is 0 Å². The number of carboxylic acids is 2. The number of carbonyl (C=O) groups is 3. The second-order valence-electron chi connectivity index (χ2n) is 5.81. The zero-order chi connectivity index (χ0) is 16.5. The Kier molecular flexibility index (Phi) is 4.07. The molecule has 0 saturated heterocycles. The maximum Gasteiger partial charge on any atom is 0.341 e. The van der Waals surface area contributed by atoms with E-state index < -0.39 is 35.8 Å². The van der Waals surface area contributed by atoms with E-state index in [9.17, 15) is 14.4 Å². The minimum Gasteiger partial charge on any atom is -0.482 e. The minimum atomic E-state index is -1.10. The summed E-state index contributed by atoms with van der Waals surface area (Å²) in [5.41, 5.74) is -0.146. The van der Waals surface area contributed by atoms with Crippen molar-refractivity contribution in [2.24, 2.45) is 17.3 Å². The molecule has 1 amide bonds. The lowest BCUT2D eigenvalue weighted by molar-refractivity contribution is -0.140. The second-order valence-corrected chi connectivity index (χ2v) is 5.81. The third-order valence-corrected chi connectivity index (χ3v) is 3.84. The Labute approximate surface area is 126 Å². The van der Waals surface area contributed by atoms with Crippen molar-refractivity contribution in [2.75, 3.05) is 11.9 Å². The van der Waals surface area contributed by atoms with Crippen LogP contribution in [0, 0.1) is 17.3 Å². The van der Waals surface area contributed by atoms with Gasteiger partial charge in [0.05, 0.1) is 11.8 Å². The normalized spacial score (nSPS) is 21.7. The van der Waals surface area contributed by atoms with Crippen molar-refractivity contribution in [3.8, 4) is 5.75 Å². The smallest absolute Gasteiger partial charge is 0.341 e. The SMILES string of the molecule is CC1(C)[C@H](C(=O)O)[C@@H]1C(=O)Nc1cccc(OCC(=O)O)c1. The summed E-state index contributed by atoms with van der Waals surface area (Å²) in [4.78, 5) is 33.7. The highest BCUT2D eigenvalue weighted by Gasteiger charge is 2.65. The fraction of sp³-hybridized carbons (Fsp3) is 0.400. The van der Waals surface area contributed by atoms with Crippen molar-refractivity contribution in [3.63, 3.8) is 0 Å². The monoisotopic (exact) mass is 307 g/mol. The number of amides is 1. The summed E-state index contributed by atoms with van der Waals surface area (Å²) < 4.78 is 5.02. The van der Waals surface area contributed by atoms with Gasteiger partial charge >= 0.3 is 11.9 Å². The lowest BCUT2D eigenvalue weighted by atomic mass is 10.1. The Bertz CT molecular complexity index is 624. The fourth-order valence-corrected chi connectivity index (χ4v) is 2.62. The maximum absolute atomic E-state index is 12.2. The van der Waals surface area contributed by atoms with Gasteiger partial charge in [0.2, 0.25) is 5.91 Å². The first-order valence-electron chi connectivity index (χ1n) is 6.72. The molecule has 0 unspecified atom stereocenters. The van der Waals surface area contributed by atoms with Gasteiger partial charge in [0.15, 0.2) is 6.61 Å². The molecular formula is C15H17NO6. The van der Waals surface area contributed by atoms with E-state index in [1.54, 1.807) is 32.0 Å². The molecule has 22 heavy (non-hydrogen) atoms. The predicted molar refractivity (Wildman–Crippen MR) is 76.6 cm³/mol. The standard InChI is InChI=1S/C15H17NO6/c1-15(2)11(12(15)14(20)21)13(19)16-8-4-3-5-9(6-8)22-7-10(17)18/h3-6,11-12H,7H2,1-2H3,(H,16,19)(H,17,18)(H,20,21)/t11-,12+/m1/s1. The van der Waals surface area contributed by atoms with E-state index >= 15 is 0 Å². The third kappa shape index (κ3) is 3.19. The minimum absolute atomic E-state index is 0.310. The van der Waals surface area contributed by atoms with Crippen LogP contribution in [0.4, 0.5) is 5.69 Å². The van der Waals surface area contributed by atoms with E-state index in [2.05, 4.69) is 5.32 Å². The van der Waals surface area contributed by atoms with E-state index in [1.807, 2.05) is 0 Å². The van der Waals surface area contributed by atoms with Crippen LogP contribution in [-0.2, 0) is 14.4 Å². The van der Waals surface area contributed by atoms with E-state index in [4.69, 9.17) is 14.9 Å². The van der Waals surface area contributed by atoms with Crippen molar-refractivity contribution in [2.45, 2.75) is 13.8 Å². The fourth-order valence-electron chi connectivity index (χ4n) is 2.62. The average molecular weight is 307 g/mol. The lowest BCUT2D eigenvalue weighted by Gasteiger charge is -2.08. The Balaban J connectivity index is 2.02. The first-order chi connectivity index (χ1) is 10.2. The molecule has 1 saturated carbocycles. The summed E-state index contributed by atoms with van der Waals surface area (Å²) in [5.74, 6) is -3.42. The number of hydrogen-bond acceptors (Lipinski definition) is 4. The van der Waals surface area contributed by atoms with Crippen LogP contribution >= 0.6 is 0 Å². The van der Waals surface area contributed by atoms with Crippen LogP contribution in [0.1, 0.15) is 13.8 Å². The number of aliphatic carboxylic acids is 2. The predicted octanol–water partition coefficient (Wildman–Crippen LogP) is 1.45. The molecule has 0 aliphatic heterocycles. The zero-order valence-corrected chi connectivity index (χ0v) is 12.2. The molecule has 1 fully saturated rings. The highest BCUT2D eigenvalue weighted by Crippen LogP contribution is 2.58. The Morgan fingerprint density at radius 3 is 2.45 bits per heavy atom. The van der Waals surface area contributed by atoms with Crippen LogP contribution in [0.2, 0.25) is 0 Å². The Morgan fingerprint density at radius 2 is 1.91 bits per heavy atom. The Hall–Kier alpha value is -2.57. The number of carbonyl (C=O) groups excluding carboxylic acids is 1. The molecule has 7 nitrogen and oxygen atoms in total. The molecule has 0 radical (unpaired) electrons. The van der Waals surface area contributed by atoms with E-state index in [-0.39, 0.29) is 5.91 Å². The number of anilines is 1. The topological polar surface area (TPSA) is 113 Å². The molecule has 0 aromatic heterocycles. The lowest BCUT2D eigenvalue weighted by Crippen LogP contribution is -2.17. The first kappa shape index (κ1) is 15.8. The molecule has 1 aromatic rings. The number of benzene rings is 1. The van der Waals surface area contributed by atoms with Crippen LogP contribution < -0.4 is 10.1 Å². The van der Waals surface area contributed by atoms with E-state index in [0.29, 0.717) is 11.4 Å². The maximum atomic E-state index is 12.2. The average Bonchev–Trinajstić information content (AvgIpc) is 3.00. The molecule has 2 rings (SSSR count). The van der Waals surface area contributed by atoms with Gasteiger partial charge < -0.3 is 20.3 Å². The molecule has 7 heteroatoms. The quantitative estimate of drug-likeness (QED) is 0.733. The van der Waals surface area contributed by atoms with Crippen LogP contribution in [0.15, 0.2) is 24.3 Å². The van der Waals surface area contributed by atoms with Crippen LogP contribution in [0.25, 0.3) is 0 Å². The molecule has 1 aromatic carbocycles. The summed E-state index contributed by atoms with van der Waals surface area (Å²) in [6, 6.07) is 6.29. The van der Waals surface area contributed by atoms with Crippen LogP contribution in [-0.4, -0.2) is 34.7 Å². The highest BCUT2D eigenvalue weighted by atomic mass is 16.5. The van der Waals surface area contributed by atoms with Crippen molar-refractivity contribution >= 4 is 23.5 Å². The summed E-state index contributed by atoms with van der Waals surface area (Å²) in [6.45, 7) is 3.00. The van der Waals surface area contributed by atoms with E-state index in [1.165, 1.54) is 6.07 Å². The number of carboxylic acid groups (broad SMARTS) is 2. The number of rotatable bonds is 6. The molecule has 0 bridgehead atoms. The van der Waals surface area contributed by atoms with Gasteiger partial charge in [0.25, 0.3) is 0 Å². The summed E-state index contributed by atoms with van der Waals surface area (Å²) in [6.07, 6.45) is 0. The Morgan fingerprint density at radius 1 is 1.23 bits per heavy atom.